The Bertz CT molecular complexity index is 211. The maximum Gasteiger partial charge on any atom is 0.220 e. The van der Waals surface area contributed by atoms with Gasteiger partial charge in [0, 0.05) is 24.3 Å². The van der Waals surface area contributed by atoms with E-state index in [0.29, 0.717) is 17.6 Å². The number of nitrogens with one attached hydrogen (secondary N) is 1. The van der Waals surface area contributed by atoms with Gasteiger partial charge < -0.3 is 11.1 Å². The quantitative estimate of drug-likeness (QED) is 0.750. The van der Waals surface area contributed by atoms with Crippen LogP contribution in [0.3, 0.4) is 0 Å². The van der Waals surface area contributed by atoms with E-state index in [1.807, 2.05) is 0 Å². The molecule has 0 saturated heterocycles. The van der Waals surface area contributed by atoms with Crippen molar-refractivity contribution in [2.45, 2.75) is 43.9 Å². The largest absolute Gasteiger partial charge is 0.355 e. The van der Waals surface area contributed by atoms with Crippen LogP contribution in [0, 0.1) is 5.92 Å². The summed E-state index contributed by atoms with van der Waals surface area (Å²) in [4.78, 5) is 11.6. The monoisotopic (exact) mass is 230 g/mol. The van der Waals surface area contributed by atoms with Crippen LogP contribution in [0.1, 0.15) is 32.6 Å². The number of amides is 1. The average Bonchev–Trinajstić information content (AvgIpc) is 2.61. The fourth-order valence-electron chi connectivity index (χ4n) is 1.97. The van der Waals surface area contributed by atoms with Crippen LogP contribution in [0.15, 0.2) is 0 Å². The molecule has 0 spiro atoms. The van der Waals surface area contributed by atoms with Crippen LogP contribution in [0.25, 0.3) is 0 Å². The SMILES string of the molecule is CSC(C)CNC(=O)C[C@@H]1CCC[C@H]1N. The summed E-state index contributed by atoms with van der Waals surface area (Å²) >= 11 is 1.77. The Morgan fingerprint density at radius 3 is 2.87 bits per heavy atom. The molecule has 0 aromatic heterocycles. The van der Waals surface area contributed by atoms with Crippen molar-refractivity contribution in [3.05, 3.63) is 0 Å². The fraction of sp³-hybridized carbons (Fsp3) is 0.909. The summed E-state index contributed by atoms with van der Waals surface area (Å²) in [5.74, 6) is 0.577. The van der Waals surface area contributed by atoms with Gasteiger partial charge in [-0.3, -0.25) is 4.79 Å². The maximum absolute atomic E-state index is 11.6. The van der Waals surface area contributed by atoms with Crippen LogP contribution in [0.4, 0.5) is 0 Å². The van der Waals surface area contributed by atoms with Crippen molar-refractivity contribution in [3.8, 4) is 0 Å². The molecule has 3 N–H and O–H groups in total. The third-order valence-electron chi connectivity index (χ3n) is 3.15. The zero-order valence-corrected chi connectivity index (χ0v) is 10.5. The van der Waals surface area contributed by atoms with E-state index in [-0.39, 0.29) is 11.9 Å². The van der Waals surface area contributed by atoms with Crippen LogP contribution in [0.2, 0.25) is 0 Å². The zero-order chi connectivity index (χ0) is 11.3. The Kier molecular flexibility index (Phi) is 5.47. The van der Waals surface area contributed by atoms with Gasteiger partial charge in [-0.25, -0.2) is 0 Å². The minimum Gasteiger partial charge on any atom is -0.355 e. The van der Waals surface area contributed by atoms with E-state index in [0.717, 1.165) is 19.4 Å². The standard InChI is InChI=1S/C11H22N2OS/c1-8(15-2)7-13-11(14)6-9-4-3-5-10(9)12/h8-10H,3-7,12H2,1-2H3,(H,13,14)/t8?,9-,10+/m0/s1. The first-order valence-corrected chi connectivity index (χ1v) is 6.97. The number of nitrogens with two attached hydrogens (primary N) is 1. The lowest BCUT2D eigenvalue weighted by atomic mass is 10.00. The molecule has 0 heterocycles. The van der Waals surface area contributed by atoms with Crippen LogP contribution in [-0.2, 0) is 4.79 Å². The molecule has 1 aliphatic rings. The highest BCUT2D eigenvalue weighted by atomic mass is 32.2. The number of hydrogen-bond donors (Lipinski definition) is 2. The van der Waals surface area contributed by atoms with E-state index in [9.17, 15) is 4.79 Å². The van der Waals surface area contributed by atoms with Crippen molar-refractivity contribution >= 4 is 17.7 Å². The number of rotatable bonds is 5. The minimum absolute atomic E-state index is 0.165. The highest BCUT2D eigenvalue weighted by Gasteiger charge is 2.25. The lowest BCUT2D eigenvalue weighted by molar-refractivity contribution is -0.122. The summed E-state index contributed by atoms with van der Waals surface area (Å²) in [7, 11) is 0. The van der Waals surface area contributed by atoms with Gasteiger partial charge in [0.25, 0.3) is 0 Å². The Balaban J connectivity index is 2.18. The van der Waals surface area contributed by atoms with Gasteiger partial charge in [0.05, 0.1) is 0 Å². The first kappa shape index (κ1) is 12.8. The smallest absolute Gasteiger partial charge is 0.220 e. The van der Waals surface area contributed by atoms with Crippen molar-refractivity contribution in [1.82, 2.24) is 5.32 Å². The highest BCUT2D eigenvalue weighted by molar-refractivity contribution is 7.99. The fourth-order valence-corrected chi connectivity index (χ4v) is 2.22. The normalized spacial score (nSPS) is 27.7. The van der Waals surface area contributed by atoms with Crippen molar-refractivity contribution < 1.29 is 4.79 Å². The number of hydrogen-bond acceptors (Lipinski definition) is 3. The van der Waals surface area contributed by atoms with E-state index in [4.69, 9.17) is 5.73 Å². The molecule has 1 rings (SSSR count). The van der Waals surface area contributed by atoms with E-state index >= 15 is 0 Å². The summed E-state index contributed by atoms with van der Waals surface area (Å²) < 4.78 is 0. The third-order valence-corrected chi connectivity index (χ3v) is 4.13. The lowest BCUT2D eigenvalue weighted by Crippen LogP contribution is -2.34. The molecule has 0 radical (unpaired) electrons. The molecular formula is C11H22N2OS. The average molecular weight is 230 g/mol. The molecule has 0 aromatic rings. The van der Waals surface area contributed by atoms with Crippen LogP contribution in [-0.4, -0.2) is 30.0 Å². The van der Waals surface area contributed by atoms with E-state index in [1.54, 1.807) is 11.8 Å². The van der Waals surface area contributed by atoms with Gasteiger partial charge in [-0.05, 0) is 25.0 Å². The van der Waals surface area contributed by atoms with Crippen molar-refractivity contribution in [3.63, 3.8) is 0 Å². The summed E-state index contributed by atoms with van der Waals surface area (Å²) in [6, 6.07) is 0.244. The second-order valence-corrected chi connectivity index (χ2v) is 5.69. The van der Waals surface area contributed by atoms with Crippen LogP contribution >= 0.6 is 11.8 Å². The molecule has 1 unspecified atom stereocenters. The second kappa shape index (κ2) is 6.38. The van der Waals surface area contributed by atoms with Gasteiger partial charge in [0.1, 0.15) is 0 Å². The minimum atomic E-state index is 0.165. The van der Waals surface area contributed by atoms with Crippen molar-refractivity contribution in [2.24, 2.45) is 11.7 Å². The molecule has 88 valence electrons. The molecule has 0 bridgehead atoms. The third kappa shape index (κ3) is 4.43. The van der Waals surface area contributed by atoms with E-state index in [2.05, 4.69) is 18.5 Å². The van der Waals surface area contributed by atoms with Gasteiger partial charge in [-0.1, -0.05) is 13.3 Å². The van der Waals surface area contributed by atoms with Crippen molar-refractivity contribution in [2.75, 3.05) is 12.8 Å². The summed E-state index contributed by atoms with van der Waals surface area (Å²) in [6.07, 6.45) is 6.05. The molecule has 1 fully saturated rings. The van der Waals surface area contributed by atoms with Crippen LogP contribution in [0.5, 0.6) is 0 Å². The second-order valence-electron chi connectivity index (χ2n) is 4.41. The van der Waals surface area contributed by atoms with Crippen molar-refractivity contribution in [1.29, 1.82) is 0 Å². The van der Waals surface area contributed by atoms with Gasteiger partial charge in [0.2, 0.25) is 5.91 Å². The molecule has 0 aliphatic heterocycles. The molecule has 1 amide bonds. The first-order valence-electron chi connectivity index (χ1n) is 5.68. The molecule has 1 saturated carbocycles. The van der Waals surface area contributed by atoms with Gasteiger partial charge in [-0.15, -0.1) is 0 Å². The van der Waals surface area contributed by atoms with Gasteiger partial charge in [0.15, 0.2) is 0 Å². The predicted molar refractivity (Wildman–Crippen MR) is 65.9 cm³/mol. The molecule has 4 heteroatoms. The lowest BCUT2D eigenvalue weighted by Gasteiger charge is -2.15. The summed E-state index contributed by atoms with van der Waals surface area (Å²) in [6.45, 7) is 2.88. The Labute approximate surface area is 96.6 Å². The van der Waals surface area contributed by atoms with E-state index in [1.165, 1.54) is 6.42 Å². The molecule has 3 atom stereocenters. The Morgan fingerprint density at radius 1 is 1.60 bits per heavy atom. The summed E-state index contributed by atoms with van der Waals surface area (Å²) in [5, 5.41) is 3.46. The molecule has 1 aliphatic carbocycles. The molecule has 0 aromatic carbocycles. The topological polar surface area (TPSA) is 55.1 Å². The van der Waals surface area contributed by atoms with Gasteiger partial charge in [-0.2, -0.15) is 11.8 Å². The number of carbonyl (C=O) groups is 1. The zero-order valence-electron chi connectivity index (χ0n) is 9.66. The van der Waals surface area contributed by atoms with Gasteiger partial charge >= 0.3 is 0 Å². The van der Waals surface area contributed by atoms with E-state index < -0.39 is 0 Å². The number of thioether (sulfide) groups is 1. The molecule has 15 heavy (non-hydrogen) atoms. The Morgan fingerprint density at radius 2 is 2.33 bits per heavy atom. The first-order chi connectivity index (χ1) is 7.13. The molecular weight excluding hydrogens is 208 g/mol. The highest BCUT2D eigenvalue weighted by Crippen LogP contribution is 2.26. The number of carbonyl (C=O) groups excluding carboxylic acids is 1. The van der Waals surface area contributed by atoms with Crippen LogP contribution < -0.4 is 11.1 Å². The Hall–Kier alpha value is -0.220. The maximum atomic E-state index is 11.6. The predicted octanol–water partition coefficient (Wildman–Crippen LogP) is 1.37. The molecule has 3 nitrogen and oxygen atoms in total. The summed E-state index contributed by atoms with van der Waals surface area (Å²) in [5.41, 5.74) is 5.93.